The lowest BCUT2D eigenvalue weighted by molar-refractivity contribution is 0.0965. The topological polar surface area (TPSA) is 84.3 Å². The van der Waals surface area contributed by atoms with Crippen LogP contribution in [0.25, 0.3) is 22.0 Å². The number of pyridine rings is 1. The van der Waals surface area contributed by atoms with Crippen LogP contribution < -0.4 is 4.72 Å². The highest BCUT2D eigenvalue weighted by Gasteiger charge is 2.18. The SMILES string of the molecule is CN(C)S(=O)(=O)NCCc1cn(C(=O)c2cc(Cl)cc(Cl)c2)c2cc(-c3ccncc3)ccc12. The largest absolute Gasteiger partial charge is 0.283 e. The van der Waals surface area contributed by atoms with Crippen molar-refractivity contribution in [1.82, 2.24) is 18.6 Å². The fourth-order valence-electron chi connectivity index (χ4n) is 3.65. The molecule has 4 aromatic rings. The van der Waals surface area contributed by atoms with Crippen molar-refractivity contribution in [3.8, 4) is 11.1 Å². The number of nitrogens with one attached hydrogen (secondary N) is 1. The van der Waals surface area contributed by atoms with Crippen LogP contribution in [0.4, 0.5) is 0 Å². The lowest BCUT2D eigenvalue weighted by atomic mass is 10.0. The maximum Gasteiger partial charge on any atom is 0.278 e. The van der Waals surface area contributed by atoms with E-state index in [9.17, 15) is 13.2 Å². The Hall–Kier alpha value is -2.75. The van der Waals surface area contributed by atoms with E-state index in [1.165, 1.54) is 14.1 Å². The molecule has 0 fully saturated rings. The molecule has 0 spiro atoms. The van der Waals surface area contributed by atoms with Crippen LogP contribution in [0.1, 0.15) is 15.9 Å². The average Bonchev–Trinajstić information content (AvgIpc) is 3.16. The lowest BCUT2D eigenvalue weighted by Crippen LogP contribution is -2.36. The standard InChI is InChI=1S/C24H22Cl2N4O3S/c1-29(2)34(32,33)28-10-7-18-15-30(24(31)19-11-20(25)14-21(26)12-19)23-13-17(3-4-22(18)23)16-5-8-27-9-6-16/h3-6,8-9,11-15,28H,7,10H2,1-2H3. The van der Waals surface area contributed by atoms with Gasteiger partial charge in [0.05, 0.1) is 5.52 Å². The van der Waals surface area contributed by atoms with Gasteiger partial charge in [-0.05, 0) is 59.5 Å². The molecular formula is C24H22Cl2N4O3S. The molecule has 7 nitrogen and oxygen atoms in total. The molecule has 0 radical (unpaired) electrons. The zero-order valence-corrected chi connectivity index (χ0v) is 20.8. The summed E-state index contributed by atoms with van der Waals surface area (Å²) in [6.07, 6.45) is 5.55. The number of hydrogen-bond acceptors (Lipinski definition) is 4. The minimum absolute atomic E-state index is 0.183. The first kappa shape index (κ1) is 24.4. The van der Waals surface area contributed by atoms with Crippen LogP contribution in [-0.4, -0.2) is 48.8 Å². The second-order valence-electron chi connectivity index (χ2n) is 7.89. The fraction of sp³-hybridized carbons (Fsp3) is 0.167. The molecule has 0 atom stereocenters. The van der Waals surface area contributed by atoms with Crippen LogP contribution in [0.2, 0.25) is 10.0 Å². The van der Waals surface area contributed by atoms with Gasteiger partial charge in [0.2, 0.25) is 0 Å². The molecule has 2 aromatic heterocycles. The zero-order valence-electron chi connectivity index (χ0n) is 18.5. The minimum atomic E-state index is -3.55. The summed E-state index contributed by atoms with van der Waals surface area (Å²) in [6, 6.07) is 14.3. The number of carbonyl (C=O) groups is 1. The summed E-state index contributed by atoms with van der Waals surface area (Å²) in [7, 11) is -0.628. The number of carbonyl (C=O) groups excluding carboxylic acids is 1. The summed E-state index contributed by atoms with van der Waals surface area (Å²) in [5.41, 5.74) is 3.76. The van der Waals surface area contributed by atoms with Crippen molar-refractivity contribution in [2.75, 3.05) is 20.6 Å². The average molecular weight is 517 g/mol. The summed E-state index contributed by atoms with van der Waals surface area (Å²) in [5, 5.41) is 1.58. The molecule has 0 saturated carbocycles. The van der Waals surface area contributed by atoms with Gasteiger partial charge in [0, 0.05) is 60.2 Å². The molecule has 4 rings (SSSR count). The van der Waals surface area contributed by atoms with Crippen LogP contribution >= 0.6 is 23.2 Å². The third kappa shape index (κ3) is 5.16. The van der Waals surface area contributed by atoms with Crippen LogP contribution in [-0.2, 0) is 16.6 Å². The third-order valence-electron chi connectivity index (χ3n) is 5.39. The predicted molar refractivity (Wildman–Crippen MR) is 136 cm³/mol. The third-order valence-corrected chi connectivity index (χ3v) is 7.36. The lowest BCUT2D eigenvalue weighted by Gasteiger charge is -2.11. The molecule has 34 heavy (non-hydrogen) atoms. The van der Waals surface area contributed by atoms with Gasteiger partial charge in [0.1, 0.15) is 0 Å². The predicted octanol–water partition coefficient (Wildman–Crippen LogP) is 4.64. The molecule has 176 valence electrons. The molecule has 0 aliphatic carbocycles. The Morgan fingerprint density at radius 2 is 1.68 bits per heavy atom. The van der Waals surface area contributed by atoms with Gasteiger partial charge in [-0.2, -0.15) is 12.7 Å². The maximum atomic E-state index is 13.5. The Balaban J connectivity index is 1.78. The van der Waals surface area contributed by atoms with Crippen LogP contribution in [0.3, 0.4) is 0 Å². The maximum absolute atomic E-state index is 13.5. The summed E-state index contributed by atoms with van der Waals surface area (Å²) < 4.78 is 29.4. The van der Waals surface area contributed by atoms with E-state index in [4.69, 9.17) is 23.2 Å². The van der Waals surface area contributed by atoms with Crippen molar-refractivity contribution in [3.63, 3.8) is 0 Å². The highest BCUT2D eigenvalue weighted by Crippen LogP contribution is 2.29. The van der Waals surface area contributed by atoms with Crippen molar-refractivity contribution >= 4 is 50.2 Å². The summed E-state index contributed by atoms with van der Waals surface area (Å²) in [4.78, 5) is 17.5. The van der Waals surface area contributed by atoms with E-state index < -0.39 is 10.2 Å². The zero-order chi connectivity index (χ0) is 24.5. The Kier molecular flexibility index (Phi) is 7.06. The highest BCUT2D eigenvalue weighted by atomic mass is 35.5. The number of fused-ring (bicyclic) bond motifs is 1. The molecule has 0 aliphatic heterocycles. The number of aromatic nitrogens is 2. The first-order valence-electron chi connectivity index (χ1n) is 10.4. The summed E-state index contributed by atoms with van der Waals surface area (Å²) >= 11 is 12.3. The number of benzene rings is 2. The quantitative estimate of drug-likeness (QED) is 0.387. The molecule has 0 amide bonds. The van der Waals surface area contributed by atoms with Crippen molar-refractivity contribution in [3.05, 3.63) is 88.3 Å². The minimum Gasteiger partial charge on any atom is -0.283 e. The fourth-order valence-corrected chi connectivity index (χ4v) is 4.79. The molecule has 0 saturated heterocycles. The molecule has 0 bridgehead atoms. The number of nitrogens with zero attached hydrogens (tertiary/aromatic N) is 3. The highest BCUT2D eigenvalue weighted by molar-refractivity contribution is 7.87. The molecule has 2 aromatic carbocycles. The van der Waals surface area contributed by atoms with Gasteiger partial charge in [-0.25, -0.2) is 4.72 Å². The molecule has 0 unspecified atom stereocenters. The Bertz CT molecular complexity index is 1450. The van der Waals surface area contributed by atoms with Crippen LogP contribution in [0, 0.1) is 0 Å². The monoisotopic (exact) mass is 516 g/mol. The Labute approximate surface area is 208 Å². The van der Waals surface area contributed by atoms with Gasteiger partial charge in [0.15, 0.2) is 0 Å². The van der Waals surface area contributed by atoms with E-state index in [1.807, 2.05) is 30.3 Å². The summed E-state index contributed by atoms with van der Waals surface area (Å²) in [6.45, 7) is 0.183. The van der Waals surface area contributed by atoms with Gasteiger partial charge in [-0.15, -0.1) is 0 Å². The van der Waals surface area contributed by atoms with E-state index in [-0.39, 0.29) is 12.5 Å². The van der Waals surface area contributed by atoms with E-state index >= 15 is 0 Å². The van der Waals surface area contributed by atoms with Crippen molar-refractivity contribution in [1.29, 1.82) is 0 Å². The first-order chi connectivity index (χ1) is 16.2. The molecule has 2 heterocycles. The van der Waals surface area contributed by atoms with Gasteiger partial charge < -0.3 is 0 Å². The molecule has 10 heteroatoms. The second-order valence-corrected chi connectivity index (χ2v) is 10.7. The second kappa shape index (κ2) is 9.85. The molecular weight excluding hydrogens is 495 g/mol. The Morgan fingerprint density at radius 3 is 2.32 bits per heavy atom. The van der Waals surface area contributed by atoms with Crippen LogP contribution in [0.5, 0.6) is 0 Å². The van der Waals surface area contributed by atoms with Crippen molar-refractivity contribution in [2.45, 2.75) is 6.42 Å². The van der Waals surface area contributed by atoms with Crippen molar-refractivity contribution in [2.24, 2.45) is 0 Å². The van der Waals surface area contributed by atoms with E-state index in [1.54, 1.807) is 41.4 Å². The van der Waals surface area contributed by atoms with Crippen molar-refractivity contribution < 1.29 is 13.2 Å². The normalized spacial score (nSPS) is 11.9. The smallest absolute Gasteiger partial charge is 0.278 e. The number of hydrogen-bond donors (Lipinski definition) is 1. The number of rotatable bonds is 7. The molecule has 0 aliphatic rings. The Morgan fingerprint density at radius 1 is 1.00 bits per heavy atom. The molecule has 1 N–H and O–H groups in total. The van der Waals surface area contributed by atoms with Gasteiger partial charge in [-0.1, -0.05) is 35.3 Å². The van der Waals surface area contributed by atoms with E-state index in [0.717, 1.165) is 26.4 Å². The van der Waals surface area contributed by atoms with E-state index in [2.05, 4.69) is 9.71 Å². The van der Waals surface area contributed by atoms with Gasteiger partial charge in [0.25, 0.3) is 16.1 Å². The van der Waals surface area contributed by atoms with Gasteiger partial charge >= 0.3 is 0 Å². The number of halogens is 2. The van der Waals surface area contributed by atoms with Crippen LogP contribution in [0.15, 0.2) is 67.1 Å². The summed E-state index contributed by atoms with van der Waals surface area (Å²) in [5.74, 6) is -0.290. The van der Waals surface area contributed by atoms with Gasteiger partial charge in [-0.3, -0.25) is 14.3 Å². The first-order valence-corrected chi connectivity index (χ1v) is 12.6. The van der Waals surface area contributed by atoms with E-state index in [0.29, 0.717) is 27.5 Å².